The third-order valence-electron chi connectivity index (χ3n) is 16.0. The summed E-state index contributed by atoms with van der Waals surface area (Å²) in [7, 11) is 1.74. The highest BCUT2D eigenvalue weighted by atomic mass is 32.1. The molecule has 2 aliphatic heterocycles. The Balaban J connectivity index is 0.689. The van der Waals surface area contributed by atoms with Crippen molar-refractivity contribution in [2.24, 2.45) is 5.92 Å². The maximum atomic E-state index is 14.2. The number of fused-ring (bicyclic) bond motifs is 1. The molecule has 1 aromatic carbocycles. The number of likely N-dealkylation sites (N-methyl/N-ethyl adjacent to an activating group) is 1. The molecule has 6 heterocycles. The van der Waals surface area contributed by atoms with E-state index in [4.69, 9.17) is 14.7 Å². The lowest BCUT2D eigenvalue weighted by atomic mass is 9.83. The van der Waals surface area contributed by atoms with Crippen LogP contribution in [0.15, 0.2) is 59.0 Å². The monoisotopic (exact) mass is 1060 g/mol. The van der Waals surface area contributed by atoms with E-state index < -0.39 is 12.1 Å². The number of carbonyl (C=O) groups excluding carboxylic acids is 5. The van der Waals surface area contributed by atoms with Crippen LogP contribution in [0.5, 0.6) is 5.75 Å². The summed E-state index contributed by atoms with van der Waals surface area (Å²) in [6.45, 7) is 8.76. The molecule has 19 heteroatoms. The summed E-state index contributed by atoms with van der Waals surface area (Å²) in [5.41, 5.74) is 2.83. The number of aromatic nitrogens is 5. The molecule has 76 heavy (non-hydrogen) atoms. The first-order valence-electron chi connectivity index (χ1n) is 27.6. The Morgan fingerprint density at radius 3 is 2.34 bits per heavy atom. The third kappa shape index (κ3) is 12.5. The summed E-state index contributed by atoms with van der Waals surface area (Å²) in [4.78, 5) is 105. The molecule has 2 saturated heterocycles. The Morgan fingerprint density at radius 2 is 1.61 bits per heavy atom. The average Bonchev–Trinajstić information content (AvgIpc) is 4.30. The van der Waals surface area contributed by atoms with Crippen molar-refractivity contribution in [1.29, 1.82) is 0 Å². The molecule has 18 nitrogen and oxygen atoms in total. The van der Waals surface area contributed by atoms with Gasteiger partial charge < -0.3 is 35.4 Å². The van der Waals surface area contributed by atoms with Gasteiger partial charge in [0.15, 0.2) is 5.78 Å². The number of amides is 3. The molecule has 0 radical (unpaired) electrons. The molecular weight excluding hydrogens is 983 g/mol. The molecule has 4 aliphatic rings. The van der Waals surface area contributed by atoms with Crippen LogP contribution in [0.1, 0.15) is 166 Å². The van der Waals surface area contributed by atoms with Crippen molar-refractivity contribution in [3.63, 3.8) is 0 Å². The molecule has 3 N–H and O–H groups in total. The van der Waals surface area contributed by atoms with Gasteiger partial charge in [-0.15, -0.1) is 11.3 Å². The Kier molecular flexibility index (Phi) is 17.9. The number of Topliss-reactive ketones (excluding diaryl/α,β-unsaturated/α-hetero) is 1. The number of likely N-dealkylation sites (tertiary alicyclic amines) is 1. The second-order valence-electron chi connectivity index (χ2n) is 21.0. The highest BCUT2D eigenvalue weighted by molar-refractivity contribution is 7.10. The number of unbranched alkanes of at least 4 members (excludes halogenated alkanes) is 3. The number of nitrogens with one attached hydrogen (secondary N) is 3. The van der Waals surface area contributed by atoms with E-state index in [1.54, 1.807) is 55.4 Å². The summed E-state index contributed by atoms with van der Waals surface area (Å²) in [6, 6.07) is 9.81. The zero-order valence-corrected chi connectivity index (χ0v) is 45.3. The first-order valence-corrected chi connectivity index (χ1v) is 28.5. The number of piperazine rings is 1. The molecular formula is C57H73N11O7S. The van der Waals surface area contributed by atoms with Crippen LogP contribution in [-0.4, -0.2) is 122 Å². The van der Waals surface area contributed by atoms with Crippen LogP contribution in [0, 0.1) is 12.8 Å². The number of benzene rings is 1. The molecule has 404 valence electrons. The van der Waals surface area contributed by atoms with Crippen molar-refractivity contribution in [2.45, 2.75) is 148 Å². The van der Waals surface area contributed by atoms with Crippen molar-refractivity contribution in [3.8, 4) is 5.75 Å². The van der Waals surface area contributed by atoms with E-state index in [2.05, 4.69) is 30.8 Å². The number of hydrogen-bond acceptors (Lipinski definition) is 15. The average molecular weight is 1060 g/mol. The van der Waals surface area contributed by atoms with Gasteiger partial charge in [-0.05, 0) is 115 Å². The molecule has 9 rings (SSSR count). The molecule has 2 saturated carbocycles. The summed E-state index contributed by atoms with van der Waals surface area (Å²) < 4.78 is 7.78. The molecule has 2 aliphatic carbocycles. The lowest BCUT2D eigenvalue weighted by Gasteiger charge is -2.36. The first kappa shape index (κ1) is 54.2. The predicted octanol–water partition coefficient (Wildman–Crippen LogP) is 8.26. The van der Waals surface area contributed by atoms with Crippen molar-refractivity contribution >= 4 is 69.1 Å². The first-order chi connectivity index (χ1) is 36.9. The van der Waals surface area contributed by atoms with Crippen LogP contribution in [0.2, 0.25) is 0 Å². The minimum atomic E-state index is -0.581. The number of thiazole rings is 1. The fourth-order valence-electron chi connectivity index (χ4n) is 11.5. The fourth-order valence-corrected chi connectivity index (χ4v) is 12.5. The number of pyridine rings is 2. The second kappa shape index (κ2) is 25.0. The van der Waals surface area contributed by atoms with Gasteiger partial charge in [0.25, 0.3) is 5.56 Å². The number of nitrogens with zero attached hydrogens (tertiary/aromatic N) is 8. The standard InChI is InChI=1S/C57H73N11O7S/c1-36-44-34-60-57(64-52(44)68(41-19-11-12-20-41)55(73)49(36)38(3)69)62-47-25-24-42(33-59-47)65-27-29-66(30-28-65)48(70)23-10-5-6-13-31-75-43-21-14-18-40(32-43)51(71)45-35-76-54(61-45)46-22-15-26-67(46)56(74)50(39-16-8-7-9-17-39)63-53(72)37(2)58-4/h14,18,21,24-25,32-35,37,39,41,46,50,58H,5-13,15-17,19-20,22-23,26-31H2,1-4H3,(H,63,72)(H,59,60,62,64)/t37-,46-,50?/m0/s1. The largest absolute Gasteiger partial charge is 0.494 e. The molecule has 4 aromatic heterocycles. The van der Waals surface area contributed by atoms with Crippen molar-refractivity contribution in [3.05, 3.63) is 91.9 Å². The lowest BCUT2D eigenvalue weighted by Crippen LogP contribution is -2.55. The van der Waals surface area contributed by atoms with Crippen molar-refractivity contribution in [1.82, 2.24) is 44.9 Å². The molecule has 3 atom stereocenters. The molecule has 0 spiro atoms. The van der Waals surface area contributed by atoms with Gasteiger partial charge >= 0.3 is 0 Å². The predicted molar refractivity (Wildman–Crippen MR) is 294 cm³/mol. The van der Waals surface area contributed by atoms with Crippen LogP contribution in [-0.2, 0) is 14.4 Å². The van der Waals surface area contributed by atoms with Gasteiger partial charge in [0.05, 0.1) is 36.1 Å². The Labute approximate surface area is 448 Å². The highest BCUT2D eigenvalue weighted by Gasteiger charge is 2.40. The number of ether oxygens (including phenoxy) is 1. The maximum absolute atomic E-state index is 14.2. The van der Waals surface area contributed by atoms with Crippen LogP contribution < -0.4 is 31.1 Å². The summed E-state index contributed by atoms with van der Waals surface area (Å²) in [5.74, 6) is 1.07. The summed E-state index contributed by atoms with van der Waals surface area (Å²) >= 11 is 1.40. The van der Waals surface area contributed by atoms with E-state index in [0.29, 0.717) is 91.1 Å². The number of rotatable bonds is 21. The van der Waals surface area contributed by atoms with Crippen LogP contribution in [0.25, 0.3) is 11.0 Å². The van der Waals surface area contributed by atoms with Gasteiger partial charge in [0.2, 0.25) is 29.5 Å². The molecule has 5 aromatic rings. The van der Waals surface area contributed by atoms with Crippen LogP contribution in [0.4, 0.5) is 17.5 Å². The highest BCUT2D eigenvalue weighted by Crippen LogP contribution is 2.37. The van der Waals surface area contributed by atoms with Crippen molar-refractivity contribution in [2.75, 3.05) is 56.6 Å². The van der Waals surface area contributed by atoms with E-state index in [-0.39, 0.29) is 58.4 Å². The third-order valence-corrected chi connectivity index (χ3v) is 16.9. The minimum absolute atomic E-state index is 0.00799. The van der Waals surface area contributed by atoms with Gasteiger partial charge in [-0.2, -0.15) is 4.98 Å². The van der Waals surface area contributed by atoms with Gasteiger partial charge in [-0.25, -0.2) is 15.0 Å². The molecule has 0 bridgehead atoms. The number of carbonyl (C=O) groups is 5. The van der Waals surface area contributed by atoms with Gasteiger partial charge in [-0.1, -0.05) is 57.1 Å². The minimum Gasteiger partial charge on any atom is -0.494 e. The van der Waals surface area contributed by atoms with E-state index >= 15 is 0 Å². The summed E-state index contributed by atoms with van der Waals surface area (Å²) in [6.07, 6.45) is 17.9. The van der Waals surface area contributed by atoms with Gasteiger partial charge in [0.1, 0.15) is 34.0 Å². The topological polar surface area (TPSA) is 214 Å². The van der Waals surface area contributed by atoms with Gasteiger partial charge in [0, 0.05) is 67.7 Å². The normalized spacial score (nSPS) is 18.2. The SMILES string of the molecule is CN[C@@H](C)C(=O)NC(C(=O)N1CCC[C@H]1c1nc(C(=O)c2cccc(OCCCCCCC(=O)N3CCN(c4ccc(Nc5ncc6c(C)c(C(C)=O)c(=O)n(C7CCCC7)c6n5)nc4)CC3)c2)cs1)C1CCCCC1. The summed E-state index contributed by atoms with van der Waals surface area (Å²) in [5, 5.41) is 12.5. The zero-order chi connectivity index (χ0) is 53.3. The second-order valence-corrected chi connectivity index (χ2v) is 21.9. The number of aryl methyl sites for hydroxylation is 1. The molecule has 4 fully saturated rings. The fraction of sp³-hybridized carbons (Fsp3) is 0.544. The zero-order valence-electron chi connectivity index (χ0n) is 44.5. The quantitative estimate of drug-likeness (QED) is 0.0466. The van der Waals surface area contributed by atoms with E-state index in [9.17, 15) is 28.8 Å². The number of ketones is 2. The Morgan fingerprint density at radius 1 is 0.842 bits per heavy atom. The lowest BCUT2D eigenvalue weighted by molar-refractivity contribution is -0.139. The van der Waals surface area contributed by atoms with Crippen LogP contribution >= 0.6 is 11.3 Å². The van der Waals surface area contributed by atoms with E-state index in [0.717, 1.165) is 107 Å². The number of hydrogen-bond donors (Lipinski definition) is 3. The van der Waals surface area contributed by atoms with Crippen LogP contribution in [0.3, 0.4) is 0 Å². The smallest absolute Gasteiger partial charge is 0.263 e. The number of anilines is 3. The Bertz CT molecular complexity index is 2940. The van der Waals surface area contributed by atoms with Crippen molar-refractivity contribution < 1.29 is 28.7 Å². The molecule has 3 amide bonds. The molecule has 1 unspecified atom stereocenters. The van der Waals surface area contributed by atoms with Gasteiger partial charge in [-0.3, -0.25) is 33.3 Å². The Hall–Kier alpha value is -6.60. The van der Waals surface area contributed by atoms with E-state index in [1.807, 2.05) is 34.1 Å². The van der Waals surface area contributed by atoms with E-state index in [1.165, 1.54) is 18.3 Å². The maximum Gasteiger partial charge on any atom is 0.263 e.